The molecule has 3 aliphatic rings. The number of carbonyl (C=O) groups excluding carboxylic acids is 1. The Kier molecular flexibility index (Phi) is 6.91. The maximum absolute atomic E-state index is 13.2. The van der Waals surface area contributed by atoms with Gasteiger partial charge in [0.05, 0.1) is 24.7 Å². The van der Waals surface area contributed by atoms with Crippen LogP contribution in [0.3, 0.4) is 0 Å². The van der Waals surface area contributed by atoms with E-state index in [2.05, 4.69) is 22.1 Å². The molecule has 6 nitrogen and oxygen atoms in total. The minimum atomic E-state index is -0.395. The van der Waals surface area contributed by atoms with Crippen molar-refractivity contribution in [3.05, 3.63) is 71.9 Å². The molecule has 1 unspecified atom stereocenters. The first-order valence-electron chi connectivity index (χ1n) is 12.8. The number of fused-ring (bicyclic) bond motifs is 4. The maximum atomic E-state index is 13.2. The van der Waals surface area contributed by atoms with Crippen molar-refractivity contribution in [2.45, 2.75) is 51.3 Å². The topological polar surface area (TPSA) is 63.7 Å². The number of benzene rings is 2. The molecule has 1 N–H and O–H groups in total. The van der Waals surface area contributed by atoms with Crippen LogP contribution in [0.25, 0.3) is 10.9 Å². The molecule has 3 fully saturated rings. The summed E-state index contributed by atoms with van der Waals surface area (Å²) < 4.78 is 11.8. The number of hydrogen-bond acceptors (Lipinski definition) is 5. The van der Waals surface area contributed by atoms with Crippen LogP contribution in [0, 0.1) is 11.8 Å². The molecule has 3 aromatic rings. The van der Waals surface area contributed by atoms with Gasteiger partial charge in [-0.3, -0.25) is 9.88 Å². The molecule has 3 aliphatic heterocycles. The van der Waals surface area contributed by atoms with E-state index < -0.39 is 12.2 Å². The molecule has 0 aliphatic carbocycles. The molecule has 4 heterocycles. The third-order valence-corrected chi connectivity index (χ3v) is 7.97. The van der Waals surface area contributed by atoms with Crippen LogP contribution in [0.4, 0.5) is 4.79 Å². The Hall–Kier alpha value is -3.12. The smallest absolute Gasteiger partial charge is 0.408 e. The zero-order chi connectivity index (χ0) is 24.4. The van der Waals surface area contributed by atoms with E-state index >= 15 is 0 Å². The maximum Gasteiger partial charge on any atom is 0.408 e. The number of methoxy groups -OCH3 is 1. The molecule has 1 amide bonds. The highest BCUT2D eigenvalue weighted by atomic mass is 16.6. The van der Waals surface area contributed by atoms with Gasteiger partial charge in [-0.25, -0.2) is 4.79 Å². The van der Waals surface area contributed by atoms with Crippen molar-refractivity contribution in [1.29, 1.82) is 0 Å². The number of amides is 1. The van der Waals surface area contributed by atoms with E-state index in [-0.39, 0.29) is 12.1 Å². The highest BCUT2D eigenvalue weighted by Gasteiger charge is 2.44. The molecule has 0 radical (unpaired) electrons. The van der Waals surface area contributed by atoms with Crippen LogP contribution in [-0.2, 0) is 4.74 Å². The Morgan fingerprint density at radius 2 is 2.03 bits per heavy atom. The second-order valence-corrected chi connectivity index (χ2v) is 9.90. The van der Waals surface area contributed by atoms with Gasteiger partial charge >= 0.3 is 6.09 Å². The Balaban J connectivity index is 1.47. The van der Waals surface area contributed by atoms with E-state index in [1.54, 1.807) is 7.11 Å². The van der Waals surface area contributed by atoms with Crippen molar-refractivity contribution in [2.24, 2.45) is 11.8 Å². The van der Waals surface area contributed by atoms with Crippen molar-refractivity contribution in [3.8, 4) is 5.75 Å². The van der Waals surface area contributed by atoms with Crippen LogP contribution in [-0.4, -0.2) is 42.2 Å². The number of ether oxygens (including phenoxy) is 2. The highest BCUT2D eigenvalue weighted by molar-refractivity contribution is 5.84. The van der Waals surface area contributed by atoms with Gasteiger partial charge in [-0.1, -0.05) is 43.7 Å². The Morgan fingerprint density at radius 1 is 1.20 bits per heavy atom. The van der Waals surface area contributed by atoms with Gasteiger partial charge in [0.1, 0.15) is 11.9 Å². The standard InChI is InChI=1S/C29H35N3O3/c1-4-20-18-32-15-13-22(20)16-27(32)28(35-29(33)31-19(2)21-8-6-5-7-9-21)24-12-14-30-26-11-10-23(34-3)17-25(24)26/h5-12,14,17,19-20,22,27-28H,4,13,15-16,18H2,1-3H3,(H,31,33)/t19-,20+,22+,27+,28-/m1/s1. The molecule has 35 heavy (non-hydrogen) atoms. The van der Waals surface area contributed by atoms with Crippen LogP contribution in [0.15, 0.2) is 60.8 Å². The van der Waals surface area contributed by atoms with Crippen LogP contribution in [0.5, 0.6) is 5.75 Å². The Morgan fingerprint density at radius 3 is 2.74 bits per heavy atom. The van der Waals surface area contributed by atoms with Gasteiger partial charge in [-0.05, 0) is 68.0 Å². The van der Waals surface area contributed by atoms with Crippen LogP contribution in [0.2, 0.25) is 0 Å². The zero-order valence-corrected chi connectivity index (χ0v) is 20.8. The predicted molar refractivity (Wildman–Crippen MR) is 137 cm³/mol. The lowest BCUT2D eigenvalue weighted by Gasteiger charge is -2.51. The van der Waals surface area contributed by atoms with E-state index in [4.69, 9.17) is 9.47 Å². The van der Waals surface area contributed by atoms with Gasteiger partial charge in [0.15, 0.2) is 0 Å². The molecule has 6 atom stereocenters. The third-order valence-electron chi connectivity index (χ3n) is 7.97. The number of carbonyl (C=O) groups is 1. The van der Waals surface area contributed by atoms with Crippen molar-refractivity contribution in [2.75, 3.05) is 20.2 Å². The SMILES string of the molecule is CC[C@H]1CN2CC[C@H]1C[C@H]2[C@H](OC(=O)N[C@H](C)c1ccccc1)c1ccnc2ccc(OC)cc12. The molecule has 1 aromatic heterocycles. The number of nitrogens with zero attached hydrogens (tertiary/aromatic N) is 2. The van der Waals surface area contributed by atoms with E-state index in [1.807, 2.05) is 67.7 Å². The minimum absolute atomic E-state index is 0.145. The summed E-state index contributed by atoms with van der Waals surface area (Å²) in [7, 11) is 1.67. The summed E-state index contributed by atoms with van der Waals surface area (Å²) in [6.07, 6.45) is 4.49. The minimum Gasteiger partial charge on any atom is -0.497 e. The number of piperidine rings is 3. The van der Waals surface area contributed by atoms with Gasteiger partial charge < -0.3 is 14.8 Å². The molecular weight excluding hydrogens is 438 g/mol. The number of nitrogens with one attached hydrogen (secondary N) is 1. The number of hydrogen-bond donors (Lipinski definition) is 1. The number of aromatic nitrogens is 1. The molecular formula is C29H35N3O3. The fraction of sp³-hybridized carbons (Fsp3) is 0.448. The van der Waals surface area contributed by atoms with E-state index in [0.29, 0.717) is 5.92 Å². The van der Waals surface area contributed by atoms with Gasteiger partial charge in [-0.2, -0.15) is 0 Å². The van der Waals surface area contributed by atoms with Gasteiger partial charge in [0, 0.05) is 23.7 Å². The monoisotopic (exact) mass is 473 g/mol. The third kappa shape index (κ3) is 4.85. The van der Waals surface area contributed by atoms with E-state index in [1.165, 1.54) is 12.8 Å². The van der Waals surface area contributed by atoms with Crippen LogP contribution >= 0.6 is 0 Å². The summed E-state index contributed by atoms with van der Waals surface area (Å²) in [5.74, 6) is 2.17. The average Bonchev–Trinajstić information content (AvgIpc) is 2.91. The summed E-state index contributed by atoms with van der Waals surface area (Å²) in [4.78, 5) is 20.3. The lowest BCUT2D eigenvalue weighted by Crippen LogP contribution is -2.56. The van der Waals surface area contributed by atoms with Gasteiger partial charge in [0.25, 0.3) is 0 Å². The fourth-order valence-electron chi connectivity index (χ4n) is 5.98. The van der Waals surface area contributed by atoms with Gasteiger partial charge in [-0.15, -0.1) is 0 Å². The van der Waals surface area contributed by atoms with Crippen LogP contribution in [0.1, 0.15) is 56.4 Å². The molecule has 184 valence electrons. The summed E-state index contributed by atoms with van der Waals surface area (Å²) in [5, 5.41) is 4.02. The first-order valence-corrected chi connectivity index (χ1v) is 12.8. The normalized spacial score (nSPS) is 25.1. The zero-order valence-electron chi connectivity index (χ0n) is 20.8. The molecule has 0 saturated carbocycles. The van der Waals surface area contributed by atoms with Crippen molar-refractivity contribution < 1.29 is 14.3 Å². The molecule has 2 bridgehead atoms. The molecule has 0 spiro atoms. The quantitative estimate of drug-likeness (QED) is 0.463. The largest absolute Gasteiger partial charge is 0.497 e. The lowest BCUT2D eigenvalue weighted by atomic mass is 9.72. The Labute approximate surface area is 207 Å². The lowest BCUT2D eigenvalue weighted by molar-refractivity contribution is -0.0607. The first kappa shape index (κ1) is 23.6. The summed E-state index contributed by atoms with van der Waals surface area (Å²) >= 11 is 0. The van der Waals surface area contributed by atoms with E-state index in [0.717, 1.165) is 53.2 Å². The van der Waals surface area contributed by atoms with E-state index in [9.17, 15) is 4.79 Å². The predicted octanol–water partition coefficient (Wildman–Crippen LogP) is 5.89. The van der Waals surface area contributed by atoms with Crippen molar-refractivity contribution in [3.63, 3.8) is 0 Å². The highest BCUT2D eigenvalue weighted by Crippen LogP contribution is 2.44. The summed E-state index contributed by atoms with van der Waals surface area (Å²) in [6, 6.07) is 17.9. The molecule has 6 heteroatoms. The fourth-order valence-corrected chi connectivity index (χ4v) is 5.98. The number of alkyl carbamates (subject to hydrolysis) is 1. The molecule has 2 aromatic carbocycles. The summed E-state index contributed by atoms with van der Waals surface area (Å²) in [6.45, 7) is 6.40. The van der Waals surface area contributed by atoms with Gasteiger partial charge in [0.2, 0.25) is 0 Å². The second kappa shape index (κ2) is 10.2. The Bertz CT molecular complexity index is 1170. The van der Waals surface area contributed by atoms with Crippen LogP contribution < -0.4 is 10.1 Å². The number of pyridine rings is 1. The van der Waals surface area contributed by atoms with Crippen molar-refractivity contribution in [1.82, 2.24) is 15.2 Å². The average molecular weight is 474 g/mol. The molecule has 6 rings (SSSR count). The van der Waals surface area contributed by atoms with Crippen molar-refractivity contribution >= 4 is 17.0 Å². The first-order chi connectivity index (χ1) is 17.1. The summed E-state index contributed by atoms with van der Waals surface area (Å²) in [5.41, 5.74) is 2.91. The molecule has 3 saturated heterocycles. The second-order valence-electron chi connectivity index (χ2n) is 9.90. The number of rotatable bonds is 7.